The fraction of sp³-hybridized carbons (Fsp3) is 0.222. The Hall–Kier alpha value is -1.23. The monoisotopic (exact) mass is 252 g/mol. The van der Waals surface area contributed by atoms with Gasteiger partial charge < -0.3 is 15.9 Å². The summed E-state index contributed by atoms with van der Waals surface area (Å²) in [5.41, 5.74) is 6.12. The average Bonchev–Trinajstić information content (AvgIpc) is 2.24. The minimum absolute atomic E-state index is 0.160. The predicted octanol–water partition coefficient (Wildman–Crippen LogP) is 0.225. The van der Waals surface area contributed by atoms with Crippen LogP contribution >= 0.6 is 0 Å². The second-order valence-corrected chi connectivity index (χ2v) is 2.82. The Morgan fingerprint density at radius 3 is 2.20 bits per heavy atom. The first-order valence-electron chi connectivity index (χ1n) is 4.01. The molecule has 1 aromatic carbocycles. The number of nitrogens with two attached hydrogens (primary N) is 1. The maximum absolute atomic E-state index is 10.4. The van der Waals surface area contributed by atoms with E-state index in [-0.39, 0.29) is 12.2 Å². The second kappa shape index (κ2) is 7.11. The molecule has 0 aliphatic carbocycles. The van der Waals surface area contributed by atoms with Crippen molar-refractivity contribution in [3.63, 3.8) is 0 Å². The van der Waals surface area contributed by atoms with Gasteiger partial charge in [-0.25, -0.2) is 0 Å². The van der Waals surface area contributed by atoms with E-state index in [9.17, 15) is 4.79 Å². The van der Waals surface area contributed by atoms with Crippen molar-refractivity contribution in [2.75, 3.05) is 0 Å². The number of hydrogen-bond donors (Lipinski definition) is 3. The second-order valence-electron chi connectivity index (χ2n) is 2.82. The molecule has 1 aromatic rings. The Bertz CT molecular complexity index is 314. The number of aromatic hydroxyl groups is 1. The molecule has 0 bridgehead atoms. The third-order valence-corrected chi connectivity index (χ3v) is 1.71. The van der Waals surface area contributed by atoms with Crippen LogP contribution in [0, 0.1) is 0 Å². The minimum atomic E-state index is -1.02. The van der Waals surface area contributed by atoms with E-state index in [1.54, 1.807) is 28.1 Å². The zero-order chi connectivity index (χ0) is 11.8. The van der Waals surface area contributed by atoms with Crippen molar-refractivity contribution in [3.05, 3.63) is 29.8 Å². The zero-order valence-corrected chi connectivity index (χ0v) is 8.94. The molecule has 0 aromatic heterocycles. The van der Waals surface area contributed by atoms with Gasteiger partial charge in [0.05, 0.1) is 0 Å². The molecule has 0 saturated carbocycles. The number of benzene rings is 1. The van der Waals surface area contributed by atoms with E-state index < -0.39 is 12.0 Å². The normalized spacial score (nSPS) is 11.0. The Labute approximate surface area is 94.9 Å². The van der Waals surface area contributed by atoms with Crippen LogP contribution in [0.2, 0.25) is 0 Å². The van der Waals surface area contributed by atoms with Crippen LogP contribution in [-0.4, -0.2) is 22.2 Å². The Kier molecular flexibility index (Phi) is 6.53. The summed E-state index contributed by atoms with van der Waals surface area (Å²) in [6, 6.07) is 5.42. The van der Waals surface area contributed by atoms with Gasteiger partial charge in [-0.3, -0.25) is 4.79 Å². The molecule has 15 heavy (non-hydrogen) atoms. The molecule has 0 saturated heterocycles. The van der Waals surface area contributed by atoms with Gasteiger partial charge in [0.2, 0.25) is 0 Å². The van der Waals surface area contributed by atoms with Crippen LogP contribution in [0.25, 0.3) is 0 Å². The first kappa shape index (κ1) is 13.8. The van der Waals surface area contributed by atoms with Crippen LogP contribution in [0.1, 0.15) is 5.56 Å². The van der Waals surface area contributed by atoms with Crippen molar-refractivity contribution in [3.8, 4) is 5.75 Å². The summed E-state index contributed by atoms with van der Waals surface area (Å²) in [6.07, 6.45) is 0.273. The molecule has 0 unspecified atom stereocenters. The van der Waals surface area contributed by atoms with Crippen molar-refractivity contribution in [2.24, 2.45) is 5.73 Å². The molecule has 0 aliphatic heterocycles. The van der Waals surface area contributed by atoms with Crippen molar-refractivity contribution in [1.82, 2.24) is 0 Å². The van der Waals surface area contributed by atoms with Gasteiger partial charge in [-0.1, -0.05) is 12.1 Å². The van der Waals surface area contributed by atoms with E-state index in [0.717, 1.165) is 5.56 Å². The number of aliphatic carboxylic acids is 1. The third-order valence-electron chi connectivity index (χ3n) is 1.71. The molecule has 83 valence electrons. The summed E-state index contributed by atoms with van der Waals surface area (Å²) < 4.78 is 8.06. The van der Waals surface area contributed by atoms with Gasteiger partial charge in [0.15, 0.2) is 0 Å². The van der Waals surface area contributed by atoms with Gasteiger partial charge in [-0.05, 0) is 24.1 Å². The molecule has 0 amide bonds. The Morgan fingerprint density at radius 1 is 1.33 bits per heavy atom. The van der Waals surface area contributed by atoms with Crippen LogP contribution in [0.5, 0.6) is 5.75 Å². The standard InChI is InChI=1S/C9H11NO3.Mn.O/c10-8(9(12)13)5-6-1-3-7(11)4-2-6;;/h1-4,8,11H,5,10H2,(H,12,13);;/t8-;;/m1../s1. The van der Waals surface area contributed by atoms with Gasteiger partial charge >= 0.3 is 25.7 Å². The number of phenolic OH excluding ortho intramolecular Hbond substituents is 1. The molecular formula is C9H11MnNO4. The van der Waals surface area contributed by atoms with Gasteiger partial charge in [0.1, 0.15) is 11.8 Å². The number of carboxylic acids is 1. The number of hydrogen-bond acceptors (Lipinski definition) is 4. The van der Waals surface area contributed by atoms with E-state index in [2.05, 4.69) is 0 Å². The summed E-state index contributed by atoms with van der Waals surface area (Å²) in [5, 5.41) is 17.5. The van der Waals surface area contributed by atoms with E-state index in [0.29, 0.717) is 0 Å². The summed E-state index contributed by atoms with van der Waals surface area (Å²) >= 11 is 1.69. The summed E-state index contributed by atoms with van der Waals surface area (Å²) in [7, 11) is 0. The molecular weight excluding hydrogens is 241 g/mol. The molecule has 1 atom stereocenters. The quantitative estimate of drug-likeness (QED) is 0.668. The number of rotatable bonds is 3. The first-order valence-corrected chi connectivity index (χ1v) is 4.49. The van der Waals surface area contributed by atoms with E-state index in [4.69, 9.17) is 19.8 Å². The molecule has 0 spiro atoms. The molecule has 0 fully saturated rings. The number of carboxylic acid groups (broad SMARTS) is 1. The number of phenols is 1. The Morgan fingerprint density at radius 2 is 1.80 bits per heavy atom. The summed E-state index contributed by atoms with van der Waals surface area (Å²) in [6.45, 7) is 0. The SMILES string of the molecule is N[C@H](Cc1ccc(O)cc1)C(=O)O.[O]=[Mn]. The maximum atomic E-state index is 10.4. The molecule has 1 rings (SSSR count). The fourth-order valence-corrected chi connectivity index (χ4v) is 0.973. The van der Waals surface area contributed by atoms with E-state index >= 15 is 0 Å². The molecule has 0 aliphatic rings. The van der Waals surface area contributed by atoms with Gasteiger partial charge in [-0.2, -0.15) is 0 Å². The van der Waals surface area contributed by atoms with Crippen molar-refractivity contribution >= 4 is 5.97 Å². The van der Waals surface area contributed by atoms with E-state index in [1.807, 2.05) is 0 Å². The molecule has 0 heterocycles. The summed E-state index contributed by atoms with van der Waals surface area (Å²) in [5.74, 6) is -0.860. The number of carbonyl (C=O) groups is 1. The van der Waals surface area contributed by atoms with Crippen molar-refractivity contribution < 1.29 is 34.8 Å². The molecule has 0 radical (unpaired) electrons. The van der Waals surface area contributed by atoms with Gasteiger partial charge in [-0.15, -0.1) is 0 Å². The van der Waals surface area contributed by atoms with Crippen LogP contribution in [0.3, 0.4) is 0 Å². The van der Waals surface area contributed by atoms with Crippen molar-refractivity contribution in [2.45, 2.75) is 12.5 Å². The van der Waals surface area contributed by atoms with Crippen LogP contribution in [0.4, 0.5) is 0 Å². The Balaban J connectivity index is 0.000000921. The van der Waals surface area contributed by atoms with Gasteiger partial charge in [0.25, 0.3) is 0 Å². The average molecular weight is 252 g/mol. The topological polar surface area (TPSA) is 101 Å². The zero-order valence-electron chi connectivity index (χ0n) is 7.76. The van der Waals surface area contributed by atoms with Crippen LogP contribution in [0.15, 0.2) is 24.3 Å². The van der Waals surface area contributed by atoms with Crippen LogP contribution < -0.4 is 5.73 Å². The predicted molar refractivity (Wildman–Crippen MR) is 48.1 cm³/mol. The summed E-state index contributed by atoms with van der Waals surface area (Å²) in [4.78, 5) is 10.4. The van der Waals surface area contributed by atoms with Gasteiger partial charge in [0, 0.05) is 0 Å². The van der Waals surface area contributed by atoms with Crippen LogP contribution in [-0.2, 0) is 31.0 Å². The molecule has 5 nitrogen and oxygen atoms in total. The fourth-order valence-electron chi connectivity index (χ4n) is 0.973. The van der Waals surface area contributed by atoms with E-state index in [1.165, 1.54) is 12.1 Å². The third kappa shape index (κ3) is 5.27. The van der Waals surface area contributed by atoms with Crippen molar-refractivity contribution in [1.29, 1.82) is 0 Å². The molecule has 4 N–H and O–H groups in total. The molecule has 6 heteroatoms. The first-order chi connectivity index (χ1) is 7.09.